The smallest absolute Gasteiger partial charge is 0.144 e. The molecule has 20 heavy (non-hydrogen) atoms. The van der Waals surface area contributed by atoms with E-state index in [1.165, 1.54) is 0 Å². The van der Waals surface area contributed by atoms with E-state index in [-0.39, 0.29) is 11.3 Å². The van der Waals surface area contributed by atoms with Crippen LogP contribution < -0.4 is 10.5 Å². The molecule has 0 bridgehead atoms. The Morgan fingerprint density at radius 3 is 2.70 bits per heavy atom. The number of hydrogen-bond acceptors (Lipinski definition) is 3. The lowest BCUT2D eigenvalue weighted by Gasteiger charge is -2.22. The zero-order valence-electron chi connectivity index (χ0n) is 12.3. The molecule has 0 radical (unpaired) electrons. The Kier molecular flexibility index (Phi) is 6.14. The van der Waals surface area contributed by atoms with E-state index in [1.807, 2.05) is 39.0 Å². The molecule has 0 atom stereocenters. The third-order valence-corrected chi connectivity index (χ3v) is 3.64. The van der Waals surface area contributed by atoms with E-state index < -0.39 is 0 Å². The van der Waals surface area contributed by atoms with Crippen LogP contribution in [0.15, 0.2) is 23.4 Å². The number of oxime groups is 1. The number of rotatable bonds is 7. The summed E-state index contributed by atoms with van der Waals surface area (Å²) in [6.45, 7) is 6.51. The van der Waals surface area contributed by atoms with Gasteiger partial charge in [0, 0.05) is 5.41 Å². The largest absolute Gasteiger partial charge is 0.492 e. The summed E-state index contributed by atoms with van der Waals surface area (Å²) in [5, 5.41) is 12.4. The molecule has 0 amide bonds. The van der Waals surface area contributed by atoms with Crippen molar-refractivity contribution >= 4 is 17.4 Å². The standard InChI is InChI=1S/C15H23ClN2O2/c1-11-6-7-13(12(16)10-11)20-9-5-4-8-15(2,3)14(17)18-19/h6-7,10,19H,4-5,8-9H2,1-3H3,(H2,17,18). The Hall–Kier alpha value is -1.42. The Morgan fingerprint density at radius 2 is 2.10 bits per heavy atom. The Balaban J connectivity index is 2.32. The van der Waals surface area contributed by atoms with Crippen molar-refractivity contribution in [3.63, 3.8) is 0 Å². The number of aryl methyl sites for hydroxylation is 1. The van der Waals surface area contributed by atoms with E-state index in [4.69, 9.17) is 27.3 Å². The summed E-state index contributed by atoms with van der Waals surface area (Å²) >= 11 is 6.09. The highest BCUT2D eigenvalue weighted by Crippen LogP contribution is 2.26. The van der Waals surface area contributed by atoms with Crippen LogP contribution in [0.25, 0.3) is 0 Å². The topological polar surface area (TPSA) is 67.8 Å². The Bertz CT molecular complexity index is 473. The van der Waals surface area contributed by atoms with Crippen molar-refractivity contribution in [3.8, 4) is 5.75 Å². The third kappa shape index (κ3) is 4.93. The van der Waals surface area contributed by atoms with Gasteiger partial charge in [-0.25, -0.2) is 0 Å². The molecule has 0 spiro atoms. The fourth-order valence-corrected chi connectivity index (χ4v) is 2.13. The minimum absolute atomic E-state index is 0.264. The highest BCUT2D eigenvalue weighted by atomic mass is 35.5. The van der Waals surface area contributed by atoms with Crippen LogP contribution in [0.5, 0.6) is 5.75 Å². The van der Waals surface area contributed by atoms with E-state index in [0.29, 0.717) is 17.4 Å². The molecule has 1 rings (SSSR count). The first kappa shape index (κ1) is 16.6. The molecule has 5 heteroatoms. The molecule has 112 valence electrons. The summed E-state index contributed by atoms with van der Waals surface area (Å²) in [6, 6.07) is 5.75. The number of nitrogens with zero attached hydrogens (tertiary/aromatic N) is 1. The lowest BCUT2D eigenvalue weighted by molar-refractivity contribution is 0.288. The maximum atomic E-state index is 8.70. The van der Waals surface area contributed by atoms with Crippen LogP contribution >= 0.6 is 11.6 Å². The number of unbranched alkanes of at least 4 members (excludes halogenated alkanes) is 1. The van der Waals surface area contributed by atoms with Crippen molar-refractivity contribution in [1.29, 1.82) is 0 Å². The van der Waals surface area contributed by atoms with Crippen LogP contribution in [0.4, 0.5) is 0 Å². The van der Waals surface area contributed by atoms with Crippen LogP contribution in [0.3, 0.4) is 0 Å². The van der Waals surface area contributed by atoms with Gasteiger partial charge in [0.15, 0.2) is 0 Å². The van der Waals surface area contributed by atoms with Gasteiger partial charge in [0.2, 0.25) is 0 Å². The van der Waals surface area contributed by atoms with Crippen LogP contribution in [0.1, 0.15) is 38.7 Å². The van der Waals surface area contributed by atoms with Crippen molar-refractivity contribution in [3.05, 3.63) is 28.8 Å². The van der Waals surface area contributed by atoms with Crippen molar-refractivity contribution in [2.24, 2.45) is 16.3 Å². The Morgan fingerprint density at radius 1 is 1.40 bits per heavy atom. The molecule has 0 aromatic heterocycles. The summed E-state index contributed by atoms with van der Waals surface area (Å²) in [5.74, 6) is 0.980. The second-order valence-electron chi connectivity index (χ2n) is 5.61. The Labute approximate surface area is 125 Å². The summed E-state index contributed by atoms with van der Waals surface area (Å²) in [5.41, 5.74) is 6.46. The average Bonchev–Trinajstić information content (AvgIpc) is 2.39. The molecule has 3 N–H and O–H groups in total. The summed E-state index contributed by atoms with van der Waals surface area (Å²) < 4.78 is 5.65. The van der Waals surface area contributed by atoms with Gasteiger partial charge in [-0.15, -0.1) is 0 Å². The summed E-state index contributed by atoms with van der Waals surface area (Å²) in [4.78, 5) is 0. The van der Waals surface area contributed by atoms with Gasteiger partial charge in [0.05, 0.1) is 11.6 Å². The summed E-state index contributed by atoms with van der Waals surface area (Å²) in [6.07, 6.45) is 2.67. The molecule has 0 heterocycles. The minimum Gasteiger partial charge on any atom is -0.492 e. The molecule has 0 aliphatic rings. The highest BCUT2D eigenvalue weighted by Gasteiger charge is 2.22. The number of amidine groups is 1. The fraction of sp³-hybridized carbons (Fsp3) is 0.533. The molecule has 4 nitrogen and oxygen atoms in total. The zero-order chi connectivity index (χ0) is 15.2. The lowest BCUT2D eigenvalue weighted by Crippen LogP contribution is -2.31. The van der Waals surface area contributed by atoms with Crippen LogP contribution in [-0.2, 0) is 0 Å². The lowest BCUT2D eigenvalue weighted by atomic mass is 9.86. The molecular formula is C15H23ClN2O2. The van der Waals surface area contributed by atoms with Crippen LogP contribution in [0, 0.1) is 12.3 Å². The monoisotopic (exact) mass is 298 g/mol. The highest BCUT2D eigenvalue weighted by molar-refractivity contribution is 6.32. The first-order valence-corrected chi connectivity index (χ1v) is 7.11. The number of benzene rings is 1. The van der Waals surface area contributed by atoms with Crippen LogP contribution in [-0.4, -0.2) is 17.6 Å². The van der Waals surface area contributed by atoms with Gasteiger partial charge in [-0.05, 0) is 43.9 Å². The maximum Gasteiger partial charge on any atom is 0.144 e. The third-order valence-electron chi connectivity index (χ3n) is 3.34. The number of hydrogen-bond donors (Lipinski definition) is 2. The van der Waals surface area contributed by atoms with Gasteiger partial charge in [-0.3, -0.25) is 0 Å². The molecule has 1 aromatic rings. The van der Waals surface area contributed by atoms with Gasteiger partial charge < -0.3 is 15.7 Å². The van der Waals surface area contributed by atoms with Gasteiger partial charge >= 0.3 is 0 Å². The molecule has 0 saturated carbocycles. The van der Waals surface area contributed by atoms with Crippen molar-refractivity contribution in [2.45, 2.75) is 40.0 Å². The van der Waals surface area contributed by atoms with Gasteiger partial charge in [0.1, 0.15) is 11.6 Å². The van der Waals surface area contributed by atoms with E-state index in [9.17, 15) is 0 Å². The molecule has 0 aliphatic heterocycles. The van der Waals surface area contributed by atoms with Crippen molar-refractivity contribution in [2.75, 3.05) is 6.61 Å². The zero-order valence-corrected chi connectivity index (χ0v) is 13.1. The van der Waals surface area contributed by atoms with Gasteiger partial charge in [-0.1, -0.05) is 36.7 Å². The molecule has 0 fully saturated rings. The molecular weight excluding hydrogens is 276 g/mol. The predicted octanol–water partition coefficient (Wildman–Crippen LogP) is 3.97. The van der Waals surface area contributed by atoms with E-state index >= 15 is 0 Å². The second-order valence-corrected chi connectivity index (χ2v) is 6.02. The molecule has 0 aliphatic carbocycles. The van der Waals surface area contributed by atoms with Crippen LogP contribution in [0.2, 0.25) is 5.02 Å². The first-order valence-electron chi connectivity index (χ1n) is 6.74. The average molecular weight is 299 g/mol. The van der Waals surface area contributed by atoms with Crippen molar-refractivity contribution in [1.82, 2.24) is 0 Å². The number of nitrogens with two attached hydrogens (primary N) is 1. The normalized spacial score (nSPS) is 12.5. The molecule has 0 unspecified atom stereocenters. The minimum atomic E-state index is -0.295. The quantitative estimate of drug-likeness (QED) is 0.263. The summed E-state index contributed by atoms with van der Waals surface area (Å²) in [7, 11) is 0. The van der Waals surface area contributed by atoms with E-state index in [0.717, 1.165) is 24.8 Å². The maximum absolute atomic E-state index is 8.70. The predicted molar refractivity (Wildman–Crippen MR) is 82.7 cm³/mol. The van der Waals surface area contributed by atoms with Gasteiger partial charge in [-0.2, -0.15) is 0 Å². The molecule has 1 aromatic carbocycles. The van der Waals surface area contributed by atoms with E-state index in [2.05, 4.69) is 5.16 Å². The number of ether oxygens (including phenoxy) is 1. The van der Waals surface area contributed by atoms with Crippen molar-refractivity contribution < 1.29 is 9.94 Å². The SMILES string of the molecule is Cc1ccc(OCCCCC(C)(C)/C(N)=N/O)c(Cl)c1. The molecule has 0 saturated heterocycles. The first-order chi connectivity index (χ1) is 9.36. The van der Waals surface area contributed by atoms with E-state index in [1.54, 1.807) is 0 Å². The number of halogens is 1. The second kappa shape index (κ2) is 7.39. The fourth-order valence-electron chi connectivity index (χ4n) is 1.84. The van der Waals surface area contributed by atoms with Gasteiger partial charge in [0.25, 0.3) is 0 Å².